The number of piperidine rings is 1. The van der Waals surface area contributed by atoms with Crippen LogP contribution in [0, 0.1) is 5.92 Å². The van der Waals surface area contributed by atoms with Gasteiger partial charge in [0, 0.05) is 24.0 Å². The van der Waals surface area contributed by atoms with Crippen LogP contribution in [0.5, 0.6) is 0 Å². The zero-order chi connectivity index (χ0) is 22.2. The third-order valence-corrected chi connectivity index (χ3v) is 8.78. The molecule has 5 rings (SSSR count). The zero-order valence-electron chi connectivity index (χ0n) is 18.4. The number of aryl methyl sites for hydroxylation is 1. The molecule has 32 heavy (non-hydrogen) atoms. The standard InChI is InChI=1S/C22H30N6O2S2/c1-13-8-10-27(11-9-13)21-25-26-22(28(21)14-6-7-14)31-12-17(29)24-20-18(19(23)30)15-4-2-3-5-16(15)32-20/h13-14H,2-12H2,1H3,(H2,23,30)(H,24,29). The summed E-state index contributed by atoms with van der Waals surface area (Å²) in [4.78, 5) is 28.4. The van der Waals surface area contributed by atoms with Crippen molar-refractivity contribution in [2.45, 2.75) is 69.5 Å². The minimum atomic E-state index is -0.457. The lowest BCUT2D eigenvalue weighted by atomic mass is 9.95. The van der Waals surface area contributed by atoms with E-state index in [2.05, 4.69) is 31.9 Å². The van der Waals surface area contributed by atoms with E-state index in [1.165, 1.54) is 40.8 Å². The van der Waals surface area contributed by atoms with E-state index in [4.69, 9.17) is 5.73 Å². The number of carbonyl (C=O) groups is 2. The number of aromatic nitrogens is 3. The average Bonchev–Trinajstić information content (AvgIpc) is 3.41. The maximum atomic E-state index is 12.8. The lowest BCUT2D eigenvalue weighted by Crippen LogP contribution is -2.34. The molecule has 1 saturated carbocycles. The molecule has 2 amide bonds. The molecule has 2 aromatic rings. The van der Waals surface area contributed by atoms with Crippen molar-refractivity contribution in [3.63, 3.8) is 0 Å². The molecule has 3 N–H and O–H groups in total. The van der Waals surface area contributed by atoms with Gasteiger partial charge in [0.15, 0.2) is 5.16 Å². The molecule has 8 nitrogen and oxygen atoms in total. The molecule has 1 saturated heterocycles. The van der Waals surface area contributed by atoms with Gasteiger partial charge in [-0.1, -0.05) is 18.7 Å². The molecular formula is C22H30N6O2S2. The van der Waals surface area contributed by atoms with Crippen LogP contribution in [0.25, 0.3) is 0 Å². The highest BCUT2D eigenvalue weighted by Crippen LogP contribution is 2.42. The van der Waals surface area contributed by atoms with Crippen molar-refractivity contribution in [2.24, 2.45) is 11.7 Å². The number of carbonyl (C=O) groups excluding carboxylic acids is 2. The number of thiophene rings is 1. The Hall–Kier alpha value is -2.07. The normalized spacial score (nSPS) is 19.1. The number of fused-ring (bicyclic) bond motifs is 1. The molecule has 0 radical (unpaired) electrons. The van der Waals surface area contributed by atoms with Crippen molar-refractivity contribution < 1.29 is 9.59 Å². The number of hydrogen-bond acceptors (Lipinski definition) is 7. The summed E-state index contributed by atoms with van der Waals surface area (Å²) in [7, 11) is 0. The quantitative estimate of drug-likeness (QED) is 0.594. The van der Waals surface area contributed by atoms with Crippen LogP contribution in [0.15, 0.2) is 5.16 Å². The van der Waals surface area contributed by atoms with Crippen molar-refractivity contribution in [1.29, 1.82) is 0 Å². The summed E-state index contributed by atoms with van der Waals surface area (Å²) in [5, 5.41) is 13.3. The molecule has 2 aliphatic carbocycles. The first kappa shape index (κ1) is 21.8. The molecular weight excluding hydrogens is 444 g/mol. The Balaban J connectivity index is 1.27. The van der Waals surface area contributed by atoms with Gasteiger partial charge in [-0.2, -0.15) is 0 Å². The Morgan fingerprint density at radius 1 is 1.16 bits per heavy atom. The van der Waals surface area contributed by atoms with Crippen molar-refractivity contribution in [3.05, 3.63) is 16.0 Å². The molecule has 2 fully saturated rings. The minimum absolute atomic E-state index is 0.144. The molecule has 2 aromatic heterocycles. The number of amides is 2. The molecule has 172 valence electrons. The van der Waals surface area contributed by atoms with Crippen LogP contribution in [0.3, 0.4) is 0 Å². The first-order valence-corrected chi connectivity index (χ1v) is 13.4. The second-order valence-corrected chi connectivity index (χ2v) is 11.2. The minimum Gasteiger partial charge on any atom is -0.365 e. The highest BCUT2D eigenvalue weighted by atomic mass is 32.2. The maximum Gasteiger partial charge on any atom is 0.251 e. The number of nitrogens with zero attached hydrogens (tertiary/aromatic N) is 4. The van der Waals surface area contributed by atoms with Gasteiger partial charge in [0.1, 0.15) is 5.00 Å². The number of nitrogens with one attached hydrogen (secondary N) is 1. The summed E-state index contributed by atoms with van der Waals surface area (Å²) in [6.07, 6.45) is 8.61. The van der Waals surface area contributed by atoms with Crippen LogP contribution < -0.4 is 16.0 Å². The smallest absolute Gasteiger partial charge is 0.251 e. The van der Waals surface area contributed by atoms with Gasteiger partial charge in [0.05, 0.1) is 11.3 Å². The number of primary amides is 1. The van der Waals surface area contributed by atoms with Gasteiger partial charge in [0.25, 0.3) is 5.91 Å². The van der Waals surface area contributed by atoms with Gasteiger partial charge < -0.3 is 16.0 Å². The van der Waals surface area contributed by atoms with Gasteiger partial charge in [-0.15, -0.1) is 21.5 Å². The monoisotopic (exact) mass is 474 g/mol. The zero-order valence-corrected chi connectivity index (χ0v) is 20.1. The maximum absolute atomic E-state index is 12.8. The van der Waals surface area contributed by atoms with Crippen molar-refractivity contribution >= 4 is 45.9 Å². The number of thioether (sulfide) groups is 1. The highest BCUT2D eigenvalue weighted by molar-refractivity contribution is 7.99. The number of nitrogens with two attached hydrogens (primary N) is 1. The Labute approximate surface area is 196 Å². The van der Waals surface area contributed by atoms with E-state index in [1.807, 2.05) is 0 Å². The molecule has 3 heterocycles. The first-order chi connectivity index (χ1) is 15.5. The molecule has 10 heteroatoms. The van der Waals surface area contributed by atoms with Gasteiger partial charge in [-0.25, -0.2) is 0 Å². The molecule has 0 unspecified atom stereocenters. The van der Waals surface area contributed by atoms with E-state index in [0.29, 0.717) is 16.6 Å². The third kappa shape index (κ3) is 4.39. The second kappa shape index (κ2) is 9.05. The molecule has 0 aromatic carbocycles. The van der Waals surface area contributed by atoms with Crippen LogP contribution in [0.2, 0.25) is 0 Å². The van der Waals surface area contributed by atoms with Crippen LogP contribution in [0.4, 0.5) is 10.9 Å². The molecule has 0 spiro atoms. The fourth-order valence-electron chi connectivity index (χ4n) is 4.65. The second-order valence-electron chi connectivity index (χ2n) is 9.17. The average molecular weight is 475 g/mol. The van der Waals surface area contributed by atoms with E-state index in [0.717, 1.165) is 74.2 Å². The van der Waals surface area contributed by atoms with Gasteiger partial charge in [-0.3, -0.25) is 14.2 Å². The van der Waals surface area contributed by atoms with Gasteiger partial charge in [-0.05, 0) is 62.8 Å². The summed E-state index contributed by atoms with van der Waals surface area (Å²) in [6, 6.07) is 0.440. The molecule has 0 atom stereocenters. The predicted octanol–water partition coefficient (Wildman–Crippen LogP) is 3.62. The SMILES string of the molecule is CC1CCN(c2nnc(SCC(=O)Nc3sc4c(c3C(N)=O)CCCC4)n2C2CC2)CC1. The van der Waals surface area contributed by atoms with Gasteiger partial charge in [0.2, 0.25) is 11.9 Å². The van der Waals surface area contributed by atoms with Crippen LogP contribution in [-0.4, -0.2) is 45.4 Å². The summed E-state index contributed by atoms with van der Waals surface area (Å²) in [5.74, 6) is 1.33. The summed E-state index contributed by atoms with van der Waals surface area (Å²) < 4.78 is 2.23. The number of anilines is 2. The largest absolute Gasteiger partial charge is 0.365 e. The number of hydrogen-bond donors (Lipinski definition) is 2. The van der Waals surface area contributed by atoms with Crippen molar-refractivity contribution in [3.8, 4) is 0 Å². The van der Waals surface area contributed by atoms with Crippen LogP contribution >= 0.6 is 23.1 Å². The van der Waals surface area contributed by atoms with Crippen molar-refractivity contribution in [2.75, 3.05) is 29.1 Å². The Kier molecular flexibility index (Phi) is 6.16. The van der Waals surface area contributed by atoms with Crippen molar-refractivity contribution in [1.82, 2.24) is 14.8 Å². The van der Waals surface area contributed by atoms with E-state index in [1.54, 1.807) is 0 Å². The fourth-order valence-corrected chi connectivity index (χ4v) is 6.76. The Bertz CT molecular complexity index is 1020. The van der Waals surface area contributed by atoms with Gasteiger partial charge >= 0.3 is 0 Å². The van der Waals surface area contributed by atoms with E-state index < -0.39 is 5.91 Å². The number of rotatable bonds is 7. The van der Waals surface area contributed by atoms with E-state index >= 15 is 0 Å². The predicted molar refractivity (Wildman–Crippen MR) is 128 cm³/mol. The highest BCUT2D eigenvalue weighted by Gasteiger charge is 2.33. The lowest BCUT2D eigenvalue weighted by molar-refractivity contribution is -0.113. The third-order valence-electron chi connectivity index (χ3n) is 6.63. The van der Waals surface area contributed by atoms with E-state index in [9.17, 15) is 9.59 Å². The van der Waals surface area contributed by atoms with E-state index in [-0.39, 0.29) is 11.7 Å². The molecule has 1 aliphatic heterocycles. The summed E-state index contributed by atoms with van der Waals surface area (Å²) >= 11 is 2.92. The Morgan fingerprint density at radius 2 is 1.91 bits per heavy atom. The summed E-state index contributed by atoms with van der Waals surface area (Å²) in [6.45, 7) is 4.32. The topological polar surface area (TPSA) is 106 Å². The van der Waals surface area contributed by atoms with Crippen LogP contribution in [0.1, 0.15) is 72.3 Å². The fraction of sp³-hybridized carbons (Fsp3) is 0.636. The Morgan fingerprint density at radius 3 is 2.62 bits per heavy atom. The molecule has 0 bridgehead atoms. The lowest BCUT2D eigenvalue weighted by Gasteiger charge is -2.31. The summed E-state index contributed by atoms with van der Waals surface area (Å²) in [5.41, 5.74) is 7.19. The molecule has 3 aliphatic rings. The first-order valence-electron chi connectivity index (χ1n) is 11.6. The van der Waals surface area contributed by atoms with Crippen LogP contribution in [-0.2, 0) is 17.6 Å².